The Morgan fingerprint density at radius 3 is 2.29 bits per heavy atom. The van der Waals surface area contributed by atoms with Gasteiger partial charge in [0.15, 0.2) is 5.69 Å². The minimum atomic E-state index is -5.07. The van der Waals surface area contributed by atoms with Crippen LogP contribution in [0.15, 0.2) is 24.4 Å². The van der Waals surface area contributed by atoms with Gasteiger partial charge in [0.1, 0.15) is 0 Å². The van der Waals surface area contributed by atoms with Crippen molar-refractivity contribution < 1.29 is 35.9 Å². The van der Waals surface area contributed by atoms with Crippen LogP contribution in [0.2, 0.25) is 5.28 Å². The maximum atomic E-state index is 13.2. The number of anilines is 1. The number of carbonyl (C=O) groups is 2. The van der Waals surface area contributed by atoms with Crippen molar-refractivity contribution in [3.63, 3.8) is 0 Å². The van der Waals surface area contributed by atoms with Crippen molar-refractivity contribution in [2.75, 3.05) is 11.9 Å². The van der Waals surface area contributed by atoms with Crippen molar-refractivity contribution in [1.82, 2.24) is 15.3 Å². The Bertz CT molecular complexity index is 978. The summed E-state index contributed by atoms with van der Waals surface area (Å²) >= 11 is 5.34. The molecule has 0 unspecified atom stereocenters. The molecule has 6 nitrogen and oxygen atoms in total. The summed E-state index contributed by atoms with van der Waals surface area (Å²) in [5, 5.41) is 3.58. The van der Waals surface area contributed by atoms with E-state index in [4.69, 9.17) is 11.6 Å². The highest BCUT2D eigenvalue weighted by molar-refractivity contribution is 6.28. The highest BCUT2D eigenvalue weighted by Crippen LogP contribution is 2.33. The zero-order valence-corrected chi connectivity index (χ0v) is 16.5. The number of nitrogens with zero attached hydrogens (tertiary/aromatic N) is 2. The average Bonchev–Trinajstić information content (AvgIpc) is 2.66. The third-order valence-electron chi connectivity index (χ3n) is 3.87. The van der Waals surface area contributed by atoms with Crippen LogP contribution in [0.4, 0.5) is 32.0 Å². The zero-order valence-electron chi connectivity index (χ0n) is 15.8. The molecule has 1 heterocycles. The maximum absolute atomic E-state index is 13.2. The Balaban J connectivity index is 2.41. The Kier molecular flexibility index (Phi) is 7.47. The van der Waals surface area contributed by atoms with Crippen LogP contribution >= 0.6 is 11.6 Å². The number of hydrogen-bond donors (Lipinski definition) is 2. The molecule has 0 saturated heterocycles. The highest BCUT2D eigenvalue weighted by Gasteiger charge is 2.38. The lowest BCUT2D eigenvalue weighted by Crippen LogP contribution is -2.25. The van der Waals surface area contributed by atoms with Crippen molar-refractivity contribution >= 4 is 29.1 Å². The van der Waals surface area contributed by atoms with Crippen molar-refractivity contribution in [2.24, 2.45) is 0 Å². The van der Waals surface area contributed by atoms with Crippen molar-refractivity contribution in [3.8, 4) is 0 Å². The van der Waals surface area contributed by atoms with E-state index in [9.17, 15) is 35.9 Å². The number of halogens is 7. The number of carbonyl (C=O) groups excluding carboxylic acids is 2. The summed E-state index contributed by atoms with van der Waals surface area (Å²) < 4.78 is 79.1. The number of rotatable bonds is 6. The third-order valence-corrected chi connectivity index (χ3v) is 4.05. The van der Waals surface area contributed by atoms with E-state index < -0.39 is 57.5 Å². The van der Waals surface area contributed by atoms with Gasteiger partial charge in [0.2, 0.25) is 5.28 Å². The first kappa shape index (κ1) is 24.4. The summed E-state index contributed by atoms with van der Waals surface area (Å²) in [5.41, 5.74) is -4.94. The van der Waals surface area contributed by atoms with Gasteiger partial charge >= 0.3 is 12.4 Å². The first-order chi connectivity index (χ1) is 14.3. The summed E-state index contributed by atoms with van der Waals surface area (Å²) in [5.74, 6) is -2.26. The van der Waals surface area contributed by atoms with E-state index in [-0.39, 0.29) is 6.54 Å². The van der Waals surface area contributed by atoms with Crippen LogP contribution in [-0.4, -0.2) is 28.3 Å². The molecular weight excluding hydrogens is 454 g/mol. The lowest BCUT2D eigenvalue weighted by Gasteiger charge is -2.15. The molecule has 0 spiro atoms. The predicted molar refractivity (Wildman–Crippen MR) is 98.7 cm³/mol. The van der Waals surface area contributed by atoms with E-state index in [0.29, 0.717) is 24.8 Å². The van der Waals surface area contributed by atoms with E-state index in [1.807, 2.05) is 12.2 Å². The van der Waals surface area contributed by atoms with Gasteiger partial charge in [-0.2, -0.15) is 26.3 Å². The molecule has 0 fully saturated rings. The first-order valence-corrected chi connectivity index (χ1v) is 9.12. The largest absolute Gasteiger partial charge is 0.434 e. The Hall–Kier alpha value is -2.89. The first-order valence-electron chi connectivity index (χ1n) is 8.74. The second-order valence-corrected chi connectivity index (χ2v) is 6.60. The van der Waals surface area contributed by atoms with E-state index in [1.54, 1.807) is 0 Å². The lowest BCUT2D eigenvalue weighted by atomic mass is 10.1. The van der Waals surface area contributed by atoms with Crippen LogP contribution in [0.1, 0.15) is 51.7 Å². The van der Waals surface area contributed by atoms with Gasteiger partial charge in [-0.1, -0.05) is 13.3 Å². The number of alkyl halides is 6. The maximum Gasteiger partial charge on any atom is 0.434 e. The molecule has 168 valence electrons. The Morgan fingerprint density at radius 2 is 1.71 bits per heavy atom. The molecule has 0 atom stereocenters. The van der Waals surface area contributed by atoms with E-state index >= 15 is 0 Å². The van der Waals surface area contributed by atoms with E-state index in [2.05, 4.69) is 15.3 Å². The third kappa shape index (κ3) is 6.54. The lowest BCUT2D eigenvalue weighted by molar-refractivity contribution is -0.141. The van der Waals surface area contributed by atoms with Gasteiger partial charge in [-0.25, -0.2) is 9.97 Å². The molecule has 1 aromatic heterocycles. The quantitative estimate of drug-likeness (QED) is 0.357. The number of nitrogens with one attached hydrogen (secondary N) is 2. The molecule has 2 amide bonds. The fraction of sp³-hybridized carbons (Fsp3) is 0.333. The van der Waals surface area contributed by atoms with E-state index in [1.165, 1.54) is 0 Å². The van der Waals surface area contributed by atoms with E-state index in [0.717, 1.165) is 12.5 Å². The zero-order chi connectivity index (χ0) is 23.4. The van der Waals surface area contributed by atoms with Crippen LogP contribution < -0.4 is 10.6 Å². The second-order valence-electron chi connectivity index (χ2n) is 6.26. The predicted octanol–water partition coefficient (Wildman–Crippen LogP) is 4.95. The molecular formula is C18H15ClF6N4O2. The summed E-state index contributed by atoms with van der Waals surface area (Å²) in [7, 11) is 0. The number of amides is 2. The van der Waals surface area contributed by atoms with Crippen LogP contribution in [-0.2, 0) is 12.4 Å². The summed E-state index contributed by atoms with van der Waals surface area (Å²) in [6.45, 7) is 2.06. The molecule has 0 saturated carbocycles. The normalized spacial score (nSPS) is 11.9. The number of hydrogen-bond acceptors (Lipinski definition) is 4. The molecule has 2 N–H and O–H groups in total. The molecule has 0 radical (unpaired) electrons. The molecule has 31 heavy (non-hydrogen) atoms. The fourth-order valence-electron chi connectivity index (χ4n) is 2.42. The molecule has 0 aliphatic heterocycles. The van der Waals surface area contributed by atoms with Crippen molar-refractivity contribution in [2.45, 2.75) is 32.1 Å². The van der Waals surface area contributed by atoms with Gasteiger partial charge in [-0.05, 0) is 36.2 Å². The summed E-state index contributed by atoms with van der Waals surface area (Å²) in [4.78, 5) is 30.8. The number of unbranched alkanes of at least 4 members (excludes halogenated alkanes) is 1. The minimum absolute atomic E-state index is 0.213. The Morgan fingerprint density at radius 1 is 1.03 bits per heavy atom. The average molecular weight is 469 g/mol. The van der Waals surface area contributed by atoms with Crippen LogP contribution in [0.25, 0.3) is 0 Å². The fourth-order valence-corrected chi connectivity index (χ4v) is 2.55. The van der Waals surface area contributed by atoms with Gasteiger partial charge in [-0.3, -0.25) is 9.59 Å². The van der Waals surface area contributed by atoms with Crippen LogP contribution in [0.3, 0.4) is 0 Å². The molecule has 13 heteroatoms. The SMILES string of the molecule is CCCCNC(=O)c1cc(NC(=O)c2cnc(Cl)nc2C(F)(F)F)cc(C(F)(F)F)c1. The van der Waals surface area contributed by atoms with Gasteiger partial charge in [0.05, 0.1) is 11.1 Å². The van der Waals surface area contributed by atoms with Gasteiger partial charge in [0, 0.05) is 24.0 Å². The topological polar surface area (TPSA) is 84.0 Å². The van der Waals surface area contributed by atoms with Crippen molar-refractivity contribution in [1.29, 1.82) is 0 Å². The van der Waals surface area contributed by atoms with Crippen LogP contribution in [0.5, 0.6) is 0 Å². The van der Waals surface area contributed by atoms with Gasteiger partial charge in [0.25, 0.3) is 11.8 Å². The van der Waals surface area contributed by atoms with Crippen LogP contribution in [0, 0.1) is 0 Å². The summed E-state index contributed by atoms with van der Waals surface area (Å²) in [6, 6.07) is 1.98. The molecule has 0 aliphatic carbocycles. The number of benzene rings is 1. The molecule has 2 aromatic rings. The monoisotopic (exact) mass is 468 g/mol. The van der Waals surface area contributed by atoms with Gasteiger partial charge < -0.3 is 10.6 Å². The summed E-state index contributed by atoms with van der Waals surface area (Å²) in [6.07, 6.45) is -8.13. The highest BCUT2D eigenvalue weighted by atomic mass is 35.5. The standard InChI is InChI=1S/C18H15ClF6N4O2/c1-2-3-4-26-14(30)9-5-10(17(20,21)22)7-11(6-9)28-15(31)12-8-27-16(19)29-13(12)18(23,24)25/h5-8H,2-4H2,1H3,(H,26,30)(H,28,31). The minimum Gasteiger partial charge on any atom is -0.352 e. The smallest absolute Gasteiger partial charge is 0.352 e. The Labute approximate surface area is 177 Å². The molecule has 0 bridgehead atoms. The molecule has 2 rings (SSSR count). The number of aromatic nitrogens is 2. The molecule has 0 aliphatic rings. The van der Waals surface area contributed by atoms with Crippen molar-refractivity contribution in [3.05, 3.63) is 52.1 Å². The second kappa shape index (κ2) is 9.50. The van der Waals surface area contributed by atoms with Gasteiger partial charge in [-0.15, -0.1) is 0 Å². The molecule has 1 aromatic carbocycles.